The average molecular weight is 148 g/mol. The Bertz CT molecular complexity index is 78.2. The first-order valence-electron chi connectivity index (χ1n) is 3.55. The highest BCUT2D eigenvalue weighted by Crippen LogP contribution is 1.88. The summed E-state index contributed by atoms with van der Waals surface area (Å²) in [6.45, 7) is 2.29. The molecule has 0 fully saturated rings. The zero-order valence-electron chi connectivity index (χ0n) is 7.13. The number of aliphatic hydroxyl groups excluding tert-OH is 1. The van der Waals surface area contributed by atoms with E-state index in [4.69, 9.17) is 9.84 Å². The molecule has 0 aliphatic rings. The van der Waals surface area contributed by atoms with Crippen LogP contribution >= 0.6 is 0 Å². The number of hydrogen-bond acceptors (Lipinski definition) is 2. The molecule has 0 aliphatic heterocycles. The highest BCUT2D eigenvalue weighted by Gasteiger charge is 2.04. The fraction of sp³-hybridized carbons (Fsp3) is 1.00. The van der Waals surface area contributed by atoms with Crippen LogP contribution in [0.15, 0.2) is 0 Å². The summed E-state index contributed by atoms with van der Waals surface area (Å²) in [5.41, 5.74) is 0. The van der Waals surface area contributed by atoms with E-state index in [0.29, 0.717) is 6.61 Å². The molecule has 0 amide bonds. The van der Waals surface area contributed by atoms with Crippen molar-refractivity contribution in [3.8, 4) is 0 Å². The van der Waals surface area contributed by atoms with E-state index in [1.807, 2.05) is 0 Å². The van der Waals surface area contributed by atoms with E-state index in [1.165, 1.54) is 0 Å². The van der Waals surface area contributed by atoms with Crippen molar-refractivity contribution in [1.29, 1.82) is 0 Å². The number of ether oxygens (including phenoxy) is 1. The molecule has 0 saturated carbocycles. The van der Waals surface area contributed by atoms with Gasteiger partial charge in [0.2, 0.25) is 0 Å². The third kappa shape index (κ3) is 7.88. The Hall–Kier alpha value is -0.120. The Morgan fingerprint density at radius 1 is 1.20 bits per heavy atom. The van der Waals surface area contributed by atoms with Crippen molar-refractivity contribution in [3.05, 3.63) is 0 Å². The average Bonchev–Trinajstić information content (AvgIpc) is 1.78. The van der Waals surface area contributed by atoms with E-state index in [9.17, 15) is 0 Å². The van der Waals surface area contributed by atoms with E-state index in [0.717, 1.165) is 17.6 Å². The van der Waals surface area contributed by atoms with Crippen LogP contribution in [0.2, 0.25) is 0 Å². The largest absolute Gasteiger partial charge is 0.394 e. The standard InChI is InChI=1S/C7H18NO2/c1-8(2,3)4-6-10-7-5-9/h9H,4-7H2,1-3H3/q+1. The highest BCUT2D eigenvalue weighted by atomic mass is 16.5. The molecule has 1 N–H and O–H groups in total. The lowest BCUT2D eigenvalue weighted by Crippen LogP contribution is -2.37. The first-order chi connectivity index (χ1) is 4.56. The molecule has 0 rings (SSSR count). The molecule has 0 aromatic carbocycles. The molecule has 3 nitrogen and oxygen atoms in total. The van der Waals surface area contributed by atoms with Crippen molar-refractivity contribution in [3.63, 3.8) is 0 Å². The molecule has 0 saturated heterocycles. The smallest absolute Gasteiger partial charge is 0.102 e. The van der Waals surface area contributed by atoms with Crippen LogP contribution in [0.4, 0.5) is 0 Å². The van der Waals surface area contributed by atoms with Gasteiger partial charge in [-0.05, 0) is 0 Å². The van der Waals surface area contributed by atoms with E-state index >= 15 is 0 Å². The van der Waals surface area contributed by atoms with Crippen molar-refractivity contribution in [2.75, 3.05) is 47.5 Å². The predicted octanol–water partition coefficient (Wildman–Crippen LogP) is -0.298. The maximum absolute atomic E-state index is 8.37. The normalized spacial score (nSPS) is 12.0. The second-order valence-corrected chi connectivity index (χ2v) is 3.35. The van der Waals surface area contributed by atoms with Gasteiger partial charge in [0.1, 0.15) is 6.54 Å². The minimum atomic E-state index is 0.122. The maximum Gasteiger partial charge on any atom is 0.102 e. The van der Waals surface area contributed by atoms with Gasteiger partial charge in [-0.1, -0.05) is 0 Å². The van der Waals surface area contributed by atoms with Gasteiger partial charge in [0.05, 0.1) is 41.0 Å². The summed E-state index contributed by atoms with van der Waals surface area (Å²) < 4.78 is 6.00. The minimum absolute atomic E-state index is 0.122. The fourth-order valence-corrected chi connectivity index (χ4v) is 0.505. The van der Waals surface area contributed by atoms with Crippen LogP contribution in [0.5, 0.6) is 0 Å². The lowest BCUT2D eigenvalue weighted by Gasteiger charge is -2.23. The molecular weight excluding hydrogens is 130 g/mol. The van der Waals surface area contributed by atoms with Gasteiger partial charge < -0.3 is 14.3 Å². The molecule has 0 bridgehead atoms. The van der Waals surface area contributed by atoms with Crippen molar-refractivity contribution in [2.45, 2.75) is 0 Å². The molecule has 0 unspecified atom stereocenters. The number of quaternary nitrogens is 1. The van der Waals surface area contributed by atoms with Gasteiger partial charge in [-0.3, -0.25) is 0 Å². The molecule has 0 spiro atoms. The number of rotatable bonds is 5. The molecule has 0 heterocycles. The summed E-state index contributed by atoms with van der Waals surface area (Å²) in [6, 6.07) is 0. The second kappa shape index (κ2) is 4.66. The zero-order valence-corrected chi connectivity index (χ0v) is 7.13. The molecular formula is C7H18NO2+. The lowest BCUT2D eigenvalue weighted by molar-refractivity contribution is -0.870. The van der Waals surface area contributed by atoms with Crippen LogP contribution in [0, 0.1) is 0 Å². The van der Waals surface area contributed by atoms with Gasteiger partial charge in [0.15, 0.2) is 0 Å². The van der Waals surface area contributed by atoms with E-state index in [2.05, 4.69) is 21.1 Å². The van der Waals surface area contributed by atoms with Crippen molar-refractivity contribution < 1.29 is 14.3 Å². The Morgan fingerprint density at radius 2 is 1.80 bits per heavy atom. The summed E-state index contributed by atoms with van der Waals surface area (Å²) in [7, 11) is 6.34. The zero-order chi connectivity index (χ0) is 8.04. The molecule has 62 valence electrons. The first kappa shape index (κ1) is 9.88. The van der Waals surface area contributed by atoms with E-state index in [-0.39, 0.29) is 6.61 Å². The van der Waals surface area contributed by atoms with Gasteiger partial charge in [-0.2, -0.15) is 0 Å². The van der Waals surface area contributed by atoms with Gasteiger partial charge in [-0.15, -0.1) is 0 Å². The lowest BCUT2D eigenvalue weighted by atomic mass is 10.5. The first-order valence-corrected chi connectivity index (χ1v) is 3.55. The van der Waals surface area contributed by atoms with Crippen LogP contribution < -0.4 is 0 Å². The van der Waals surface area contributed by atoms with Crippen molar-refractivity contribution in [2.24, 2.45) is 0 Å². The topological polar surface area (TPSA) is 29.5 Å². The molecule has 0 aromatic heterocycles. The summed E-state index contributed by atoms with van der Waals surface area (Å²) in [5.74, 6) is 0. The van der Waals surface area contributed by atoms with Crippen LogP contribution in [0.3, 0.4) is 0 Å². The fourth-order valence-electron chi connectivity index (χ4n) is 0.505. The van der Waals surface area contributed by atoms with Gasteiger partial charge in [0.25, 0.3) is 0 Å². The van der Waals surface area contributed by atoms with Crippen LogP contribution in [-0.4, -0.2) is 57.1 Å². The van der Waals surface area contributed by atoms with E-state index < -0.39 is 0 Å². The molecule has 3 heteroatoms. The van der Waals surface area contributed by atoms with Gasteiger partial charge in [-0.25, -0.2) is 0 Å². The Labute approximate surface area is 62.8 Å². The third-order valence-corrected chi connectivity index (χ3v) is 1.14. The third-order valence-electron chi connectivity index (χ3n) is 1.14. The summed E-state index contributed by atoms with van der Waals surface area (Å²) in [6.07, 6.45) is 0. The molecule has 0 aliphatic carbocycles. The Kier molecular flexibility index (Phi) is 4.60. The Balaban J connectivity index is 3.04. The maximum atomic E-state index is 8.37. The SMILES string of the molecule is C[N+](C)(C)CCOCCO. The minimum Gasteiger partial charge on any atom is -0.394 e. The number of hydrogen-bond donors (Lipinski definition) is 1. The quantitative estimate of drug-likeness (QED) is 0.428. The molecule has 0 radical (unpaired) electrons. The monoisotopic (exact) mass is 148 g/mol. The number of aliphatic hydroxyl groups is 1. The second-order valence-electron chi connectivity index (χ2n) is 3.35. The Morgan fingerprint density at radius 3 is 2.20 bits per heavy atom. The molecule has 0 atom stereocenters. The van der Waals surface area contributed by atoms with Gasteiger partial charge in [0, 0.05) is 0 Å². The van der Waals surface area contributed by atoms with Crippen LogP contribution in [0.25, 0.3) is 0 Å². The number of nitrogens with zero attached hydrogens (tertiary/aromatic N) is 1. The summed E-state index contributed by atoms with van der Waals surface area (Å²) in [4.78, 5) is 0. The van der Waals surface area contributed by atoms with Crippen LogP contribution in [-0.2, 0) is 4.74 Å². The van der Waals surface area contributed by atoms with Crippen molar-refractivity contribution >= 4 is 0 Å². The molecule has 10 heavy (non-hydrogen) atoms. The highest BCUT2D eigenvalue weighted by molar-refractivity contribution is 4.28. The van der Waals surface area contributed by atoms with Gasteiger partial charge >= 0.3 is 0 Å². The van der Waals surface area contributed by atoms with E-state index in [1.54, 1.807) is 0 Å². The number of likely N-dealkylation sites (N-methyl/N-ethyl adjacent to an activating group) is 1. The molecule has 0 aromatic rings. The predicted molar refractivity (Wildman–Crippen MR) is 40.8 cm³/mol. The summed E-state index contributed by atoms with van der Waals surface area (Å²) in [5, 5.41) is 8.37. The van der Waals surface area contributed by atoms with Crippen molar-refractivity contribution in [1.82, 2.24) is 0 Å². The van der Waals surface area contributed by atoms with Crippen LogP contribution in [0.1, 0.15) is 0 Å². The summed E-state index contributed by atoms with van der Waals surface area (Å²) >= 11 is 0.